The zero-order chi connectivity index (χ0) is 13.0. The first kappa shape index (κ1) is 12.6. The first-order chi connectivity index (χ1) is 8.54. The topological polar surface area (TPSA) is 42.7 Å². The molecule has 4 heteroatoms. The van der Waals surface area contributed by atoms with E-state index in [9.17, 15) is 0 Å². The molecule has 2 aromatic rings. The van der Waals surface area contributed by atoms with Crippen molar-refractivity contribution >= 4 is 5.69 Å². The first-order valence-electron chi connectivity index (χ1n) is 6.23. The fourth-order valence-corrected chi connectivity index (χ4v) is 1.66. The molecule has 0 saturated heterocycles. The molecule has 0 unspecified atom stereocenters. The van der Waals surface area contributed by atoms with Gasteiger partial charge in [-0.3, -0.25) is 0 Å². The molecule has 0 bridgehead atoms. The van der Waals surface area contributed by atoms with Crippen LogP contribution in [0.4, 0.5) is 5.69 Å². The van der Waals surface area contributed by atoms with Gasteiger partial charge in [0.05, 0.1) is 5.69 Å². The number of nitrogens with one attached hydrogen (secondary N) is 1. The number of hydrogen-bond acceptors (Lipinski definition) is 3. The molecule has 0 aliphatic heterocycles. The van der Waals surface area contributed by atoms with Crippen LogP contribution in [0.5, 0.6) is 0 Å². The second-order valence-corrected chi connectivity index (χ2v) is 5.62. The average molecular weight is 244 g/mol. The molecule has 0 saturated carbocycles. The number of nitrogens with zero attached hydrogens (tertiary/aromatic N) is 3. The fraction of sp³-hybridized carbons (Fsp3) is 0.429. The van der Waals surface area contributed by atoms with Crippen molar-refractivity contribution in [3.63, 3.8) is 0 Å². The molecule has 18 heavy (non-hydrogen) atoms. The molecule has 4 nitrogen and oxygen atoms in total. The quantitative estimate of drug-likeness (QED) is 0.898. The van der Waals surface area contributed by atoms with Crippen LogP contribution >= 0.6 is 0 Å². The molecule has 0 aliphatic rings. The zero-order valence-electron chi connectivity index (χ0n) is 11.2. The lowest BCUT2D eigenvalue weighted by Crippen LogP contribution is -2.12. The van der Waals surface area contributed by atoms with Gasteiger partial charge >= 0.3 is 0 Å². The van der Waals surface area contributed by atoms with E-state index in [1.807, 2.05) is 12.1 Å². The van der Waals surface area contributed by atoms with E-state index in [-0.39, 0.29) is 0 Å². The van der Waals surface area contributed by atoms with Crippen LogP contribution in [0.1, 0.15) is 27.2 Å². The van der Waals surface area contributed by atoms with Crippen LogP contribution in [0, 0.1) is 5.41 Å². The molecule has 1 N–H and O–H groups in total. The Morgan fingerprint density at radius 2 is 1.89 bits per heavy atom. The third-order valence-corrected chi connectivity index (χ3v) is 2.75. The molecule has 1 heterocycles. The van der Waals surface area contributed by atoms with E-state index in [2.05, 4.69) is 48.3 Å². The smallest absolute Gasteiger partial charge is 0.138 e. The summed E-state index contributed by atoms with van der Waals surface area (Å²) in [6, 6.07) is 8.21. The minimum atomic E-state index is 0.369. The highest BCUT2D eigenvalue weighted by Gasteiger charge is 2.08. The Hall–Kier alpha value is -1.84. The van der Waals surface area contributed by atoms with Crippen molar-refractivity contribution in [2.75, 3.05) is 11.9 Å². The van der Waals surface area contributed by atoms with Gasteiger partial charge in [-0.2, -0.15) is 5.10 Å². The number of aromatic nitrogens is 3. The summed E-state index contributed by atoms with van der Waals surface area (Å²) in [5, 5.41) is 7.52. The summed E-state index contributed by atoms with van der Waals surface area (Å²) in [6.45, 7) is 7.75. The molecule has 96 valence electrons. The van der Waals surface area contributed by atoms with Gasteiger partial charge in [-0.05, 0) is 36.1 Å². The van der Waals surface area contributed by atoms with Crippen molar-refractivity contribution in [3.8, 4) is 5.69 Å². The lowest BCUT2D eigenvalue weighted by atomic mass is 9.92. The Balaban J connectivity index is 1.92. The van der Waals surface area contributed by atoms with Crippen molar-refractivity contribution in [2.45, 2.75) is 27.2 Å². The summed E-state index contributed by atoms with van der Waals surface area (Å²) in [5.74, 6) is 0. The van der Waals surface area contributed by atoms with Crippen molar-refractivity contribution < 1.29 is 0 Å². The fourth-order valence-electron chi connectivity index (χ4n) is 1.66. The molecule has 2 rings (SSSR count). The SMILES string of the molecule is CC(C)(C)CCNc1ccc(-n2cncn2)cc1. The van der Waals surface area contributed by atoms with Crippen LogP contribution in [0.2, 0.25) is 0 Å². The van der Waals surface area contributed by atoms with Gasteiger partial charge in [0.2, 0.25) is 0 Å². The van der Waals surface area contributed by atoms with E-state index in [0.29, 0.717) is 5.41 Å². The van der Waals surface area contributed by atoms with E-state index in [0.717, 1.165) is 24.3 Å². The van der Waals surface area contributed by atoms with Gasteiger partial charge in [-0.1, -0.05) is 20.8 Å². The van der Waals surface area contributed by atoms with Crippen LogP contribution in [-0.4, -0.2) is 21.3 Å². The standard InChI is InChI=1S/C14H20N4/c1-14(2,3)8-9-16-12-4-6-13(7-5-12)18-11-15-10-17-18/h4-7,10-11,16H,8-9H2,1-3H3. The average Bonchev–Trinajstić information content (AvgIpc) is 2.82. The third-order valence-electron chi connectivity index (χ3n) is 2.75. The summed E-state index contributed by atoms with van der Waals surface area (Å²) >= 11 is 0. The highest BCUT2D eigenvalue weighted by molar-refractivity contribution is 5.48. The Morgan fingerprint density at radius 1 is 1.17 bits per heavy atom. The van der Waals surface area contributed by atoms with Crippen LogP contribution in [0.15, 0.2) is 36.9 Å². The molecule has 0 radical (unpaired) electrons. The van der Waals surface area contributed by atoms with Crippen LogP contribution in [0.25, 0.3) is 5.69 Å². The minimum Gasteiger partial charge on any atom is -0.385 e. The van der Waals surface area contributed by atoms with E-state index in [1.165, 1.54) is 6.33 Å². The maximum absolute atomic E-state index is 4.10. The summed E-state index contributed by atoms with van der Waals surface area (Å²) in [5.41, 5.74) is 2.53. The number of anilines is 1. The molecule has 0 atom stereocenters. The van der Waals surface area contributed by atoms with Gasteiger partial charge in [0.1, 0.15) is 12.7 Å². The van der Waals surface area contributed by atoms with Crippen molar-refractivity contribution in [1.29, 1.82) is 0 Å². The van der Waals surface area contributed by atoms with E-state index in [4.69, 9.17) is 0 Å². The molecular formula is C14H20N4. The number of benzene rings is 1. The molecule has 0 aliphatic carbocycles. The molecule has 0 spiro atoms. The molecule has 1 aromatic carbocycles. The highest BCUT2D eigenvalue weighted by Crippen LogP contribution is 2.19. The van der Waals surface area contributed by atoms with Gasteiger partial charge in [-0.15, -0.1) is 0 Å². The lowest BCUT2D eigenvalue weighted by Gasteiger charge is -2.18. The van der Waals surface area contributed by atoms with Crippen molar-refractivity contribution in [3.05, 3.63) is 36.9 Å². The molecule has 1 aromatic heterocycles. The van der Waals surface area contributed by atoms with Crippen molar-refractivity contribution in [2.24, 2.45) is 5.41 Å². The second kappa shape index (κ2) is 5.21. The lowest BCUT2D eigenvalue weighted by molar-refractivity contribution is 0.390. The maximum Gasteiger partial charge on any atom is 0.138 e. The maximum atomic E-state index is 4.10. The molecular weight excluding hydrogens is 224 g/mol. The Kier molecular flexibility index (Phi) is 3.65. The van der Waals surface area contributed by atoms with Crippen molar-refractivity contribution in [1.82, 2.24) is 14.8 Å². The van der Waals surface area contributed by atoms with Gasteiger partial charge in [0, 0.05) is 12.2 Å². The summed E-state index contributed by atoms with van der Waals surface area (Å²) in [7, 11) is 0. The summed E-state index contributed by atoms with van der Waals surface area (Å²) in [6.07, 6.45) is 4.38. The Bertz CT molecular complexity index is 465. The predicted octanol–water partition coefficient (Wildman–Crippen LogP) is 3.12. The van der Waals surface area contributed by atoms with Gasteiger partial charge in [0.15, 0.2) is 0 Å². The molecule has 0 amide bonds. The number of hydrogen-bond donors (Lipinski definition) is 1. The monoisotopic (exact) mass is 244 g/mol. The highest BCUT2D eigenvalue weighted by atomic mass is 15.3. The van der Waals surface area contributed by atoms with Crippen LogP contribution in [-0.2, 0) is 0 Å². The van der Waals surface area contributed by atoms with Gasteiger partial charge in [0.25, 0.3) is 0 Å². The summed E-state index contributed by atoms with van der Waals surface area (Å²) < 4.78 is 1.75. The molecule has 0 fully saturated rings. The Morgan fingerprint density at radius 3 is 2.44 bits per heavy atom. The van der Waals surface area contributed by atoms with Gasteiger partial charge < -0.3 is 5.32 Å². The second-order valence-electron chi connectivity index (χ2n) is 5.62. The normalized spacial score (nSPS) is 11.5. The zero-order valence-corrected chi connectivity index (χ0v) is 11.2. The first-order valence-corrected chi connectivity index (χ1v) is 6.23. The van der Waals surface area contributed by atoms with Gasteiger partial charge in [-0.25, -0.2) is 9.67 Å². The minimum absolute atomic E-state index is 0.369. The van der Waals surface area contributed by atoms with E-state index < -0.39 is 0 Å². The van der Waals surface area contributed by atoms with Crippen LogP contribution in [0.3, 0.4) is 0 Å². The largest absolute Gasteiger partial charge is 0.385 e. The number of rotatable bonds is 4. The Labute approximate surface area is 108 Å². The van der Waals surface area contributed by atoms with Crippen LogP contribution < -0.4 is 5.32 Å². The predicted molar refractivity (Wildman–Crippen MR) is 73.9 cm³/mol. The van der Waals surface area contributed by atoms with E-state index in [1.54, 1.807) is 11.0 Å². The van der Waals surface area contributed by atoms with E-state index >= 15 is 0 Å². The summed E-state index contributed by atoms with van der Waals surface area (Å²) in [4.78, 5) is 3.93. The third kappa shape index (κ3) is 3.58.